The van der Waals surface area contributed by atoms with Crippen molar-refractivity contribution in [3.63, 3.8) is 0 Å². The highest BCUT2D eigenvalue weighted by molar-refractivity contribution is 5.80. The molecule has 9 nitrogen and oxygen atoms in total. The maximum atomic E-state index is 4.98. The van der Waals surface area contributed by atoms with Crippen molar-refractivity contribution < 1.29 is 0 Å². The lowest BCUT2D eigenvalue weighted by molar-refractivity contribution is 0.311. The Labute approximate surface area is 205 Å². The van der Waals surface area contributed by atoms with E-state index in [0.717, 1.165) is 92.2 Å². The number of nitrogens with zero attached hydrogens (tertiary/aromatic N) is 9. The number of fused-ring (bicyclic) bond motifs is 1. The van der Waals surface area contributed by atoms with E-state index in [2.05, 4.69) is 51.9 Å². The molecule has 0 radical (unpaired) electrons. The number of benzene rings is 1. The van der Waals surface area contributed by atoms with Crippen LogP contribution in [0.1, 0.15) is 0 Å². The van der Waals surface area contributed by atoms with E-state index >= 15 is 0 Å². The van der Waals surface area contributed by atoms with Crippen molar-refractivity contribution in [3.05, 3.63) is 55.0 Å². The van der Waals surface area contributed by atoms with Crippen LogP contribution in [-0.4, -0.2) is 101 Å². The minimum Gasteiger partial charge on any atom is -0.353 e. The third-order valence-electron chi connectivity index (χ3n) is 7.04. The zero-order chi connectivity index (χ0) is 23.8. The van der Waals surface area contributed by atoms with Crippen LogP contribution in [0.15, 0.2) is 55.0 Å². The summed E-state index contributed by atoms with van der Waals surface area (Å²) in [6.45, 7) is 7.91. The Bertz CT molecular complexity index is 1290. The molecule has 0 atom stereocenters. The second-order valence-corrected chi connectivity index (χ2v) is 9.53. The van der Waals surface area contributed by atoms with Gasteiger partial charge in [-0.15, -0.1) is 5.10 Å². The molecule has 2 saturated heterocycles. The van der Waals surface area contributed by atoms with E-state index in [9.17, 15) is 0 Å². The second-order valence-electron chi connectivity index (χ2n) is 9.53. The fourth-order valence-corrected chi connectivity index (χ4v) is 4.74. The molecule has 0 saturated carbocycles. The van der Waals surface area contributed by atoms with Crippen molar-refractivity contribution in [2.45, 2.75) is 0 Å². The van der Waals surface area contributed by atoms with Gasteiger partial charge >= 0.3 is 0 Å². The molecule has 0 unspecified atom stereocenters. The molecule has 0 N–H and O–H groups in total. The Morgan fingerprint density at radius 3 is 2.00 bits per heavy atom. The largest absolute Gasteiger partial charge is 0.353 e. The zero-order valence-corrected chi connectivity index (χ0v) is 20.4. The minimum atomic E-state index is 0.791. The lowest BCUT2D eigenvalue weighted by Crippen LogP contribution is -2.45. The Hall–Kier alpha value is -3.56. The topological polar surface area (TPSA) is 68.9 Å². The molecule has 5 heterocycles. The third kappa shape index (κ3) is 4.44. The van der Waals surface area contributed by atoms with Crippen LogP contribution in [-0.2, 0) is 0 Å². The van der Waals surface area contributed by atoms with Crippen molar-refractivity contribution in [1.29, 1.82) is 0 Å². The predicted molar refractivity (Wildman–Crippen MR) is 139 cm³/mol. The Morgan fingerprint density at radius 1 is 0.714 bits per heavy atom. The van der Waals surface area contributed by atoms with Gasteiger partial charge in [0, 0.05) is 81.4 Å². The van der Waals surface area contributed by atoms with Gasteiger partial charge in [0.15, 0.2) is 5.65 Å². The summed E-state index contributed by atoms with van der Waals surface area (Å²) in [5.41, 5.74) is 4.76. The SMILES string of the molecule is CN1CCN(c2cc(-c3cnc(N4CCN(C)CC4)nc3)c3nc(-c4ccccc4)cn3n2)CC1. The lowest BCUT2D eigenvalue weighted by Gasteiger charge is -2.33. The van der Waals surface area contributed by atoms with E-state index in [1.807, 2.05) is 41.3 Å². The summed E-state index contributed by atoms with van der Waals surface area (Å²) >= 11 is 0. The number of likely N-dealkylation sites (N-methyl/N-ethyl adjacent to an activating group) is 2. The van der Waals surface area contributed by atoms with Crippen molar-refractivity contribution >= 4 is 17.4 Å². The second kappa shape index (κ2) is 9.24. The smallest absolute Gasteiger partial charge is 0.225 e. The van der Waals surface area contributed by atoms with Crippen LogP contribution in [0, 0.1) is 0 Å². The highest BCUT2D eigenvalue weighted by atomic mass is 15.4. The molecule has 0 bridgehead atoms. The highest BCUT2D eigenvalue weighted by Crippen LogP contribution is 2.30. The molecule has 4 aromatic rings. The molecule has 0 spiro atoms. The van der Waals surface area contributed by atoms with E-state index in [1.54, 1.807) is 0 Å². The van der Waals surface area contributed by atoms with Crippen molar-refractivity contribution in [2.24, 2.45) is 0 Å². The number of piperazine rings is 2. The molecule has 1 aromatic carbocycles. The maximum Gasteiger partial charge on any atom is 0.225 e. The summed E-state index contributed by atoms with van der Waals surface area (Å²) in [6, 6.07) is 12.4. The van der Waals surface area contributed by atoms with Crippen LogP contribution in [0.25, 0.3) is 28.0 Å². The van der Waals surface area contributed by atoms with Gasteiger partial charge in [0.1, 0.15) is 5.82 Å². The molecule has 0 aliphatic carbocycles. The third-order valence-corrected chi connectivity index (χ3v) is 7.04. The van der Waals surface area contributed by atoms with Crippen LogP contribution in [0.2, 0.25) is 0 Å². The summed E-state index contributed by atoms with van der Waals surface area (Å²) in [4.78, 5) is 23.8. The Balaban J connectivity index is 1.40. The average molecular weight is 470 g/mol. The van der Waals surface area contributed by atoms with Gasteiger partial charge in [-0.3, -0.25) is 0 Å². The molecule has 180 valence electrons. The molecule has 3 aromatic heterocycles. The normalized spacial score (nSPS) is 17.9. The summed E-state index contributed by atoms with van der Waals surface area (Å²) in [5.74, 6) is 1.75. The van der Waals surface area contributed by atoms with Gasteiger partial charge in [0.25, 0.3) is 0 Å². The number of aromatic nitrogens is 5. The maximum absolute atomic E-state index is 4.98. The van der Waals surface area contributed by atoms with Gasteiger partial charge in [-0.25, -0.2) is 19.5 Å². The Kier molecular flexibility index (Phi) is 5.79. The van der Waals surface area contributed by atoms with E-state index in [1.165, 1.54) is 0 Å². The van der Waals surface area contributed by atoms with Crippen LogP contribution >= 0.6 is 0 Å². The van der Waals surface area contributed by atoms with Gasteiger partial charge in [0.2, 0.25) is 5.95 Å². The summed E-state index contributed by atoms with van der Waals surface area (Å²) in [7, 11) is 4.32. The standard InChI is InChI=1S/C26H31N9/c1-31-8-12-33(13-9-31)24-16-22(21-17-27-26(28-18-21)34-14-10-32(2)11-15-34)25-29-23(19-35(25)30-24)20-6-4-3-5-7-20/h3-7,16-19H,8-15H2,1-2H3. The monoisotopic (exact) mass is 469 g/mol. The average Bonchev–Trinajstić information content (AvgIpc) is 3.34. The Morgan fingerprint density at radius 2 is 1.34 bits per heavy atom. The van der Waals surface area contributed by atoms with Crippen molar-refractivity contribution in [2.75, 3.05) is 76.3 Å². The van der Waals surface area contributed by atoms with Crippen molar-refractivity contribution in [1.82, 2.24) is 34.4 Å². The molecule has 9 heteroatoms. The minimum absolute atomic E-state index is 0.791. The number of hydrogen-bond acceptors (Lipinski definition) is 8. The van der Waals surface area contributed by atoms with Gasteiger partial charge in [-0.1, -0.05) is 30.3 Å². The van der Waals surface area contributed by atoms with E-state index in [4.69, 9.17) is 20.1 Å². The molecular formula is C26H31N9. The lowest BCUT2D eigenvalue weighted by atomic mass is 10.1. The summed E-state index contributed by atoms with van der Waals surface area (Å²) in [6.07, 6.45) is 5.88. The quantitative estimate of drug-likeness (QED) is 0.451. The first-order valence-corrected chi connectivity index (χ1v) is 12.3. The molecule has 35 heavy (non-hydrogen) atoms. The number of rotatable bonds is 4. The van der Waals surface area contributed by atoms with Gasteiger partial charge < -0.3 is 19.6 Å². The first-order chi connectivity index (χ1) is 17.1. The number of imidazole rings is 1. The van der Waals surface area contributed by atoms with E-state index in [0.29, 0.717) is 0 Å². The van der Waals surface area contributed by atoms with Crippen LogP contribution in [0.5, 0.6) is 0 Å². The molecule has 6 rings (SSSR count). The fourth-order valence-electron chi connectivity index (χ4n) is 4.74. The predicted octanol–water partition coefficient (Wildman–Crippen LogP) is 2.36. The van der Waals surface area contributed by atoms with Crippen LogP contribution in [0.4, 0.5) is 11.8 Å². The van der Waals surface area contributed by atoms with Crippen LogP contribution in [0.3, 0.4) is 0 Å². The highest BCUT2D eigenvalue weighted by Gasteiger charge is 2.21. The first-order valence-electron chi connectivity index (χ1n) is 12.3. The zero-order valence-electron chi connectivity index (χ0n) is 20.4. The van der Waals surface area contributed by atoms with Crippen LogP contribution < -0.4 is 9.80 Å². The molecule has 0 amide bonds. The molecule has 2 aliphatic rings. The van der Waals surface area contributed by atoms with Gasteiger partial charge in [-0.2, -0.15) is 0 Å². The number of anilines is 2. The van der Waals surface area contributed by atoms with Crippen molar-refractivity contribution in [3.8, 4) is 22.4 Å². The fraction of sp³-hybridized carbons (Fsp3) is 0.385. The summed E-state index contributed by atoms with van der Waals surface area (Å²) < 4.78 is 1.92. The molecular weight excluding hydrogens is 438 g/mol. The van der Waals surface area contributed by atoms with Gasteiger partial charge in [0.05, 0.1) is 11.9 Å². The molecule has 2 fully saturated rings. The number of hydrogen-bond donors (Lipinski definition) is 0. The van der Waals surface area contributed by atoms with E-state index < -0.39 is 0 Å². The molecule has 2 aliphatic heterocycles. The first kappa shape index (κ1) is 21.9. The van der Waals surface area contributed by atoms with E-state index in [-0.39, 0.29) is 0 Å². The summed E-state index contributed by atoms with van der Waals surface area (Å²) in [5, 5.41) is 4.96. The van der Waals surface area contributed by atoms with Gasteiger partial charge in [-0.05, 0) is 20.2 Å².